The van der Waals surface area contributed by atoms with E-state index in [2.05, 4.69) is 6.07 Å². The summed E-state index contributed by atoms with van der Waals surface area (Å²) in [6, 6.07) is 12.6. The maximum absolute atomic E-state index is 9.41. The molecule has 232 valence electrons. The third-order valence-corrected chi connectivity index (χ3v) is 9.47. The zero-order valence-electron chi connectivity index (χ0n) is 40.8. The van der Waals surface area contributed by atoms with Gasteiger partial charge in [-0.2, -0.15) is 0 Å². The van der Waals surface area contributed by atoms with Crippen molar-refractivity contribution in [3.05, 3.63) is 170 Å². The lowest BCUT2D eigenvalue weighted by Crippen LogP contribution is -1.91. The Balaban J connectivity index is 1.27. The number of furan rings is 2. The van der Waals surface area contributed by atoms with Crippen LogP contribution in [0.5, 0.6) is 0 Å². The average Bonchev–Trinajstić information content (AvgIpc) is 3.92. The van der Waals surface area contributed by atoms with E-state index in [9.17, 15) is 6.85 Å². The van der Waals surface area contributed by atoms with Gasteiger partial charge in [0.25, 0.3) is 0 Å². The van der Waals surface area contributed by atoms with Crippen LogP contribution in [0.3, 0.4) is 0 Å². The molecule has 0 amide bonds. The highest BCUT2D eigenvalue weighted by molar-refractivity contribution is 6.24. The number of benzene rings is 9. The minimum Gasteiger partial charge on any atom is -0.460 e. The second-order valence-electron chi connectivity index (χ2n) is 12.1. The van der Waals surface area contributed by atoms with Gasteiger partial charge in [-0.25, -0.2) is 0 Å². The molecular weight excluding hydrogens is 609 g/mol. The van der Waals surface area contributed by atoms with E-state index in [1.54, 1.807) is 24.5 Å². The summed E-state index contributed by atoms with van der Waals surface area (Å²) in [6.07, 6.45) is 1.67. The van der Waals surface area contributed by atoms with E-state index in [0.717, 1.165) is 27.3 Å². The standard InChI is InChI=1S/C48H28O2/c1-2-12-31-26-32(21-20-29(31)10-1)43-28-49-47-42(43)25-24-41-35-23-22-33(27-44(35)50-48(41)47)45-37-15-5-7-17-39(37)46(40-18-8-6-16-38(40)45)36-19-9-13-30-11-3-4-14-34(30)36/h1-28H/i3D,4D,5D,6D,7D,8D,9D,11D,13D,14D,15D,16D,17D,18D,19D. The van der Waals surface area contributed by atoms with Gasteiger partial charge in [0.05, 0.1) is 26.8 Å². The molecule has 2 heterocycles. The molecule has 2 heteroatoms. The lowest BCUT2D eigenvalue weighted by atomic mass is 9.84. The summed E-state index contributed by atoms with van der Waals surface area (Å²) in [4.78, 5) is 0. The number of fused-ring (bicyclic) bond motifs is 9. The molecule has 0 unspecified atom stereocenters. The van der Waals surface area contributed by atoms with Crippen molar-refractivity contribution >= 4 is 76.0 Å². The SMILES string of the molecule is [2H]c1c([2H])c([2H])c2c(-c3c4c([2H])c([2H])c([2H])c([2H])c4c(-c4ccc5c(c4)oc4c5ccc5c(-c6ccc7ccccc7c6)coc54)c4c([2H])c([2H])c([2H])c([2H])c34)c([2H])c([2H])c([2H])c2c1[2H]. The zero-order valence-corrected chi connectivity index (χ0v) is 25.8. The largest absolute Gasteiger partial charge is 0.460 e. The Kier molecular flexibility index (Phi) is 3.47. The first-order valence-corrected chi connectivity index (χ1v) is 15.9. The molecule has 0 spiro atoms. The van der Waals surface area contributed by atoms with Crippen LogP contribution >= 0.6 is 0 Å². The Morgan fingerprint density at radius 1 is 0.400 bits per heavy atom. The Bertz CT molecular complexity index is 3930. The predicted molar refractivity (Wildman–Crippen MR) is 210 cm³/mol. The van der Waals surface area contributed by atoms with Crippen molar-refractivity contribution in [2.75, 3.05) is 0 Å². The molecule has 0 bridgehead atoms. The van der Waals surface area contributed by atoms with Crippen molar-refractivity contribution in [3.8, 4) is 33.4 Å². The van der Waals surface area contributed by atoms with Gasteiger partial charge in [0, 0.05) is 21.7 Å². The van der Waals surface area contributed by atoms with Gasteiger partial charge >= 0.3 is 0 Å². The summed E-state index contributed by atoms with van der Waals surface area (Å²) in [5, 5.41) is 2.35. The molecule has 11 rings (SSSR count). The average molecular weight is 652 g/mol. The fourth-order valence-electron chi connectivity index (χ4n) is 7.23. The summed E-state index contributed by atoms with van der Waals surface area (Å²) >= 11 is 0. The van der Waals surface area contributed by atoms with Crippen LogP contribution in [-0.2, 0) is 0 Å². The summed E-state index contributed by atoms with van der Waals surface area (Å²) in [7, 11) is 0. The lowest BCUT2D eigenvalue weighted by Gasteiger charge is -2.18. The molecule has 0 fully saturated rings. The van der Waals surface area contributed by atoms with E-state index in [4.69, 9.17) is 22.5 Å². The molecule has 0 aliphatic heterocycles. The van der Waals surface area contributed by atoms with Crippen LogP contribution in [0.4, 0.5) is 0 Å². The molecule has 0 aliphatic rings. The van der Waals surface area contributed by atoms with E-state index in [0.29, 0.717) is 27.5 Å². The smallest absolute Gasteiger partial charge is 0.178 e. The van der Waals surface area contributed by atoms with Crippen LogP contribution in [0.1, 0.15) is 20.6 Å². The van der Waals surface area contributed by atoms with E-state index < -0.39 is 107 Å². The minimum atomic E-state index is -0.769. The predicted octanol–water partition coefficient (Wildman–Crippen LogP) is 13.9. The van der Waals surface area contributed by atoms with E-state index in [1.807, 2.05) is 48.5 Å². The molecule has 0 saturated heterocycles. The molecular formula is C48H28O2. The van der Waals surface area contributed by atoms with Gasteiger partial charge in [-0.3, -0.25) is 0 Å². The van der Waals surface area contributed by atoms with E-state index >= 15 is 0 Å². The Hall–Kier alpha value is -6.64. The molecule has 0 saturated carbocycles. The van der Waals surface area contributed by atoms with Gasteiger partial charge in [0.15, 0.2) is 11.2 Å². The highest BCUT2D eigenvalue weighted by Gasteiger charge is 2.20. The highest BCUT2D eigenvalue weighted by Crippen LogP contribution is 2.46. The van der Waals surface area contributed by atoms with Crippen molar-refractivity contribution in [2.24, 2.45) is 0 Å². The highest BCUT2D eigenvalue weighted by atomic mass is 16.4. The van der Waals surface area contributed by atoms with Crippen LogP contribution < -0.4 is 0 Å². The molecule has 9 aromatic carbocycles. The molecule has 0 radical (unpaired) electrons. The summed E-state index contributed by atoms with van der Waals surface area (Å²) < 4.78 is 147. The van der Waals surface area contributed by atoms with Gasteiger partial charge in [0.2, 0.25) is 0 Å². The van der Waals surface area contributed by atoms with Gasteiger partial charge in [-0.15, -0.1) is 0 Å². The first-order chi connectivity index (χ1) is 31.0. The van der Waals surface area contributed by atoms with E-state index in [-0.39, 0.29) is 38.2 Å². The van der Waals surface area contributed by atoms with Gasteiger partial charge in [0.1, 0.15) is 5.58 Å². The Morgan fingerprint density at radius 2 is 1.04 bits per heavy atom. The molecule has 0 aliphatic carbocycles. The first-order valence-electron chi connectivity index (χ1n) is 23.4. The maximum Gasteiger partial charge on any atom is 0.178 e. The minimum absolute atomic E-state index is 0.0252. The molecule has 2 aromatic heterocycles. The Labute approximate surface area is 308 Å². The molecule has 0 atom stereocenters. The fourth-order valence-corrected chi connectivity index (χ4v) is 7.23. The van der Waals surface area contributed by atoms with Crippen molar-refractivity contribution in [1.29, 1.82) is 0 Å². The Morgan fingerprint density at radius 3 is 1.84 bits per heavy atom. The third-order valence-electron chi connectivity index (χ3n) is 9.47. The normalized spacial score (nSPS) is 16.2. The molecule has 11 aromatic rings. The summed E-state index contributed by atoms with van der Waals surface area (Å²) in [5.74, 6) is 0. The lowest BCUT2D eigenvalue weighted by molar-refractivity contribution is 0.600. The third kappa shape index (κ3) is 3.90. The fraction of sp³-hybridized carbons (Fsp3) is 0. The van der Waals surface area contributed by atoms with Gasteiger partial charge in [-0.1, -0.05) is 133 Å². The van der Waals surface area contributed by atoms with Crippen LogP contribution in [0, 0.1) is 0 Å². The quantitative estimate of drug-likeness (QED) is 0.178. The van der Waals surface area contributed by atoms with E-state index in [1.165, 1.54) is 0 Å². The first kappa shape index (κ1) is 16.6. The summed E-state index contributed by atoms with van der Waals surface area (Å²) in [6.45, 7) is 0. The second kappa shape index (κ2) is 10.4. The van der Waals surface area contributed by atoms with Crippen LogP contribution in [0.25, 0.3) is 109 Å². The molecule has 0 N–H and O–H groups in total. The van der Waals surface area contributed by atoms with Crippen molar-refractivity contribution in [3.63, 3.8) is 0 Å². The number of hydrogen-bond acceptors (Lipinski definition) is 2. The number of rotatable bonds is 3. The van der Waals surface area contributed by atoms with Gasteiger partial charge < -0.3 is 8.83 Å². The second-order valence-corrected chi connectivity index (χ2v) is 12.1. The maximum atomic E-state index is 9.41. The van der Waals surface area contributed by atoms with Crippen molar-refractivity contribution in [1.82, 2.24) is 0 Å². The monoisotopic (exact) mass is 651 g/mol. The number of hydrogen-bond donors (Lipinski definition) is 0. The van der Waals surface area contributed by atoms with Crippen LogP contribution in [0.15, 0.2) is 179 Å². The van der Waals surface area contributed by atoms with Crippen molar-refractivity contribution in [2.45, 2.75) is 0 Å². The van der Waals surface area contributed by atoms with Crippen LogP contribution in [-0.4, -0.2) is 0 Å². The summed E-state index contributed by atoms with van der Waals surface area (Å²) in [5.41, 5.74) is 2.41. The zero-order chi connectivity index (χ0) is 45.8. The molecule has 2 nitrogen and oxygen atoms in total. The topological polar surface area (TPSA) is 26.3 Å². The molecule has 50 heavy (non-hydrogen) atoms. The van der Waals surface area contributed by atoms with Crippen molar-refractivity contribution < 1.29 is 29.4 Å². The van der Waals surface area contributed by atoms with Crippen LogP contribution in [0.2, 0.25) is 0 Å². The van der Waals surface area contributed by atoms with Gasteiger partial charge in [-0.05, 0) is 101 Å².